The number of ether oxygens (including phenoxy) is 1. The highest BCUT2D eigenvalue weighted by Gasteiger charge is 2.34. The van der Waals surface area contributed by atoms with Gasteiger partial charge in [-0.05, 0) is 12.1 Å². The molecule has 1 aliphatic heterocycles. The molecule has 0 saturated heterocycles. The number of rotatable bonds is 2. The van der Waals surface area contributed by atoms with Crippen molar-refractivity contribution in [1.29, 1.82) is 0 Å². The number of amides is 2. The first-order valence-electron chi connectivity index (χ1n) is 6.23. The summed E-state index contributed by atoms with van der Waals surface area (Å²) in [6.45, 7) is 0.0175. The number of para-hydroxylation sites is 2. The monoisotopic (exact) mass is 287 g/mol. The zero-order valence-electron chi connectivity index (χ0n) is 10.9. The van der Waals surface area contributed by atoms with Crippen LogP contribution in [0.4, 0.5) is 11.4 Å². The molecule has 3 rings (SSSR count). The molecule has 0 radical (unpaired) electrons. The number of fused-ring (bicyclic) bond motifs is 1. The highest BCUT2D eigenvalue weighted by Crippen LogP contribution is 2.34. The van der Waals surface area contributed by atoms with Crippen LogP contribution in [0.5, 0.6) is 5.75 Å². The molecule has 0 fully saturated rings. The Morgan fingerprint density at radius 1 is 1.38 bits per heavy atom. The molecule has 0 saturated carbocycles. The number of aromatic nitrogens is 2. The zero-order valence-corrected chi connectivity index (χ0v) is 10.9. The number of nitrogen functional groups attached to an aromatic ring is 1. The van der Waals surface area contributed by atoms with E-state index < -0.39 is 17.9 Å². The van der Waals surface area contributed by atoms with Gasteiger partial charge < -0.3 is 16.2 Å². The van der Waals surface area contributed by atoms with Gasteiger partial charge >= 0.3 is 0 Å². The first kappa shape index (κ1) is 13.0. The summed E-state index contributed by atoms with van der Waals surface area (Å²) in [4.78, 5) is 25.4. The predicted molar refractivity (Wildman–Crippen MR) is 74.7 cm³/mol. The first-order valence-corrected chi connectivity index (χ1v) is 6.23. The molecule has 8 heteroatoms. The molecule has 5 N–H and O–H groups in total. The molecule has 2 amide bonds. The van der Waals surface area contributed by atoms with Crippen LogP contribution in [-0.4, -0.2) is 34.7 Å². The Balaban J connectivity index is 2.02. The second-order valence-corrected chi connectivity index (χ2v) is 4.59. The van der Waals surface area contributed by atoms with Crippen molar-refractivity contribution in [3.05, 3.63) is 36.2 Å². The number of hydrogen-bond donors (Lipinski definition) is 3. The Bertz CT molecular complexity index is 711. The van der Waals surface area contributed by atoms with Gasteiger partial charge in [-0.2, -0.15) is 5.10 Å². The molecule has 0 spiro atoms. The molecule has 1 unspecified atom stereocenters. The number of primary amides is 1. The lowest BCUT2D eigenvalue weighted by atomic mass is 10.1. The number of carbonyl (C=O) groups is 2. The van der Waals surface area contributed by atoms with Crippen molar-refractivity contribution < 1.29 is 14.3 Å². The van der Waals surface area contributed by atoms with E-state index in [9.17, 15) is 9.59 Å². The van der Waals surface area contributed by atoms with E-state index in [0.717, 1.165) is 0 Å². The average Bonchev–Trinajstić information content (AvgIpc) is 2.91. The minimum Gasteiger partial charge on any atom is -0.477 e. The molecule has 108 valence electrons. The van der Waals surface area contributed by atoms with Crippen molar-refractivity contribution in [2.24, 2.45) is 5.73 Å². The summed E-state index contributed by atoms with van der Waals surface area (Å²) < 4.78 is 5.50. The smallest absolute Gasteiger partial charge is 0.278 e. The lowest BCUT2D eigenvalue weighted by Gasteiger charge is -2.33. The van der Waals surface area contributed by atoms with Crippen molar-refractivity contribution >= 4 is 23.2 Å². The molecule has 1 aromatic heterocycles. The lowest BCUT2D eigenvalue weighted by molar-refractivity contribution is -0.124. The molecular formula is C13H13N5O3. The first-order chi connectivity index (χ1) is 10.1. The summed E-state index contributed by atoms with van der Waals surface area (Å²) in [6, 6.07) is 6.90. The van der Waals surface area contributed by atoms with Gasteiger partial charge in [-0.15, -0.1) is 0 Å². The number of aromatic amines is 1. The Morgan fingerprint density at radius 3 is 2.81 bits per heavy atom. The number of nitrogens with two attached hydrogens (primary N) is 2. The van der Waals surface area contributed by atoms with Crippen LogP contribution in [0.3, 0.4) is 0 Å². The summed E-state index contributed by atoms with van der Waals surface area (Å²) in [6.07, 6.45) is 0.443. The molecule has 1 aliphatic rings. The van der Waals surface area contributed by atoms with Crippen LogP contribution in [0.2, 0.25) is 0 Å². The van der Waals surface area contributed by atoms with Crippen LogP contribution in [0.25, 0.3) is 0 Å². The van der Waals surface area contributed by atoms with Crippen molar-refractivity contribution in [3.63, 3.8) is 0 Å². The quantitative estimate of drug-likeness (QED) is 0.709. The molecule has 8 nitrogen and oxygen atoms in total. The number of carbonyl (C=O) groups excluding carboxylic acids is 2. The average molecular weight is 287 g/mol. The summed E-state index contributed by atoms with van der Waals surface area (Å²) in [5.41, 5.74) is 11.9. The van der Waals surface area contributed by atoms with Crippen LogP contribution in [0, 0.1) is 0 Å². The zero-order chi connectivity index (χ0) is 15.0. The van der Waals surface area contributed by atoms with Crippen molar-refractivity contribution in [2.75, 3.05) is 17.2 Å². The maximum Gasteiger partial charge on any atom is 0.278 e. The van der Waals surface area contributed by atoms with E-state index in [-0.39, 0.29) is 17.9 Å². The Kier molecular flexibility index (Phi) is 2.98. The topological polar surface area (TPSA) is 127 Å². The second kappa shape index (κ2) is 4.82. The number of nitrogens with zero attached hydrogens (tertiary/aromatic N) is 2. The van der Waals surface area contributed by atoms with E-state index in [1.54, 1.807) is 24.3 Å². The number of nitrogens with one attached hydrogen (secondary N) is 1. The third-order valence-corrected chi connectivity index (χ3v) is 3.22. The summed E-state index contributed by atoms with van der Waals surface area (Å²) in [5, 5.41) is 6.28. The maximum absolute atomic E-state index is 12.6. The van der Waals surface area contributed by atoms with Gasteiger partial charge in [-0.1, -0.05) is 12.1 Å². The molecule has 0 aliphatic carbocycles. The van der Waals surface area contributed by atoms with Gasteiger partial charge in [0, 0.05) is 0 Å². The molecule has 1 atom stereocenters. The van der Waals surface area contributed by atoms with Crippen LogP contribution >= 0.6 is 0 Å². The van der Waals surface area contributed by atoms with E-state index in [0.29, 0.717) is 11.4 Å². The van der Waals surface area contributed by atoms with Gasteiger partial charge in [-0.25, -0.2) is 0 Å². The molecule has 21 heavy (non-hydrogen) atoms. The Labute approximate surface area is 119 Å². The SMILES string of the molecule is NC(=O)C1CN(C(=O)c2[nH]ncc2N)c2ccccc2O1. The molecule has 2 heterocycles. The third-order valence-electron chi connectivity index (χ3n) is 3.22. The largest absolute Gasteiger partial charge is 0.477 e. The molecular weight excluding hydrogens is 274 g/mol. The van der Waals surface area contributed by atoms with Crippen molar-refractivity contribution in [1.82, 2.24) is 10.2 Å². The summed E-state index contributed by atoms with van der Waals surface area (Å²) in [5.74, 6) is -0.620. The van der Waals surface area contributed by atoms with E-state index in [1.165, 1.54) is 11.1 Å². The van der Waals surface area contributed by atoms with E-state index >= 15 is 0 Å². The van der Waals surface area contributed by atoms with E-state index in [1.807, 2.05) is 0 Å². The van der Waals surface area contributed by atoms with E-state index in [2.05, 4.69) is 10.2 Å². The van der Waals surface area contributed by atoms with Crippen LogP contribution in [0.15, 0.2) is 30.5 Å². The van der Waals surface area contributed by atoms with Gasteiger partial charge in [0.05, 0.1) is 24.1 Å². The van der Waals surface area contributed by atoms with Crippen LogP contribution in [-0.2, 0) is 4.79 Å². The van der Waals surface area contributed by atoms with Gasteiger partial charge in [0.15, 0.2) is 6.10 Å². The summed E-state index contributed by atoms with van der Waals surface area (Å²) >= 11 is 0. The molecule has 0 bridgehead atoms. The number of anilines is 2. The number of hydrogen-bond acceptors (Lipinski definition) is 5. The highest BCUT2D eigenvalue weighted by molar-refractivity contribution is 6.09. The van der Waals surface area contributed by atoms with E-state index in [4.69, 9.17) is 16.2 Å². The standard InChI is InChI=1S/C13H13N5O3/c14-7-5-16-17-11(7)13(20)18-6-10(12(15)19)21-9-4-2-1-3-8(9)18/h1-5,10H,6,14H2,(H2,15,19)(H,16,17). The summed E-state index contributed by atoms with van der Waals surface area (Å²) in [7, 11) is 0. The third kappa shape index (κ3) is 2.16. The van der Waals surface area contributed by atoms with Crippen LogP contribution < -0.4 is 21.1 Å². The van der Waals surface area contributed by atoms with Gasteiger partial charge in [0.1, 0.15) is 11.4 Å². The van der Waals surface area contributed by atoms with Crippen molar-refractivity contribution in [2.45, 2.75) is 6.10 Å². The lowest BCUT2D eigenvalue weighted by Crippen LogP contribution is -2.49. The van der Waals surface area contributed by atoms with Gasteiger partial charge in [0.2, 0.25) is 0 Å². The fourth-order valence-corrected chi connectivity index (χ4v) is 2.18. The fourth-order valence-electron chi connectivity index (χ4n) is 2.18. The minimum absolute atomic E-state index is 0.0175. The Morgan fingerprint density at radius 2 is 2.14 bits per heavy atom. The Hall–Kier alpha value is -3.03. The van der Waals surface area contributed by atoms with Gasteiger partial charge in [0.25, 0.3) is 11.8 Å². The van der Waals surface area contributed by atoms with Crippen molar-refractivity contribution in [3.8, 4) is 5.75 Å². The van der Waals surface area contributed by atoms with Crippen LogP contribution in [0.1, 0.15) is 10.5 Å². The fraction of sp³-hybridized carbons (Fsp3) is 0.154. The minimum atomic E-state index is -0.909. The normalized spacial score (nSPS) is 17.0. The maximum atomic E-state index is 12.6. The highest BCUT2D eigenvalue weighted by atomic mass is 16.5. The van der Waals surface area contributed by atoms with Gasteiger partial charge in [-0.3, -0.25) is 19.6 Å². The second-order valence-electron chi connectivity index (χ2n) is 4.59. The molecule has 1 aromatic carbocycles. The predicted octanol–water partition coefficient (Wildman–Crippen LogP) is -0.115. The number of H-pyrrole nitrogens is 1. The number of benzene rings is 1. The molecule has 2 aromatic rings.